The molecule has 13 atom stereocenters. The monoisotopic (exact) mass is 1310 g/mol. The zero-order valence-electron chi connectivity index (χ0n) is 59.6. The van der Waals surface area contributed by atoms with E-state index in [1.807, 2.05) is 86.6 Å². The molecule has 2 saturated heterocycles. The Balaban J connectivity index is 2.32. The number of nitrogens with one attached hydrogen (secondary N) is 4. The van der Waals surface area contributed by atoms with Gasteiger partial charge in [-0.2, -0.15) is 0 Å². The van der Waals surface area contributed by atoms with Gasteiger partial charge in [-0.15, -0.1) is 0 Å². The first-order chi connectivity index (χ1) is 42.7. The van der Waals surface area contributed by atoms with Crippen LogP contribution < -0.4 is 26.0 Å². The normalized spacial score (nSPS) is 28.2. The maximum atomic E-state index is 15.5. The van der Waals surface area contributed by atoms with Gasteiger partial charge in [0, 0.05) is 54.2 Å². The van der Waals surface area contributed by atoms with Crippen LogP contribution in [0.2, 0.25) is 0 Å². The van der Waals surface area contributed by atoms with E-state index in [0.717, 1.165) is 9.80 Å². The molecule has 3 rings (SSSR count). The van der Waals surface area contributed by atoms with Crippen molar-refractivity contribution in [2.75, 3.05) is 63.0 Å². The summed E-state index contributed by atoms with van der Waals surface area (Å²) >= 11 is 1.42. The Morgan fingerprint density at radius 3 is 1.50 bits per heavy atom. The van der Waals surface area contributed by atoms with Crippen LogP contribution in [-0.2, 0) is 57.5 Å². The lowest BCUT2D eigenvalue weighted by molar-refractivity contribution is -0.157. The molecule has 520 valence electrons. The number of methoxy groups -OCH3 is 1. The molecule has 25 heteroatoms. The number of rotatable bonds is 15. The number of likely N-dealkylation sites (N-methyl/N-ethyl adjacent to an activating group) is 7. The van der Waals surface area contributed by atoms with E-state index in [9.17, 15) is 33.6 Å². The number of thioether (sulfide) groups is 1. The van der Waals surface area contributed by atoms with Crippen molar-refractivity contribution in [3.63, 3.8) is 0 Å². The second-order valence-electron chi connectivity index (χ2n) is 27.9. The summed E-state index contributed by atoms with van der Waals surface area (Å²) in [6, 6.07) is -4.57. The predicted octanol–water partition coefficient (Wildman–Crippen LogP) is 4.86. The molecule has 4 N–H and O–H groups in total. The van der Waals surface area contributed by atoms with Gasteiger partial charge in [0.05, 0.1) is 19.8 Å². The summed E-state index contributed by atoms with van der Waals surface area (Å²) in [4.78, 5) is 172. The molecule has 1 aromatic rings. The lowest BCUT2D eigenvalue weighted by Crippen LogP contribution is -2.63. The fourth-order valence-corrected chi connectivity index (χ4v) is 13.2. The highest BCUT2D eigenvalue weighted by atomic mass is 32.2. The molecule has 0 saturated carbocycles. The van der Waals surface area contributed by atoms with E-state index in [4.69, 9.17) is 9.47 Å². The number of carbonyl (C=O) groups excluding carboxylic acids is 11. The number of ether oxygens (including phenoxy) is 2. The minimum atomic E-state index is -1.39. The predicted molar refractivity (Wildman–Crippen MR) is 355 cm³/mol. The highest BCUT2D eigenvalue weighted by Gasteiger charge is 2.49. The van der Waals surface area contributed by atoms with E-state index in [-0.39, 0.29) is 61.7 Å². The SMILES string of the molecule is CC[C@@H]1NC(=O)[C@H]([C@@H]2O[C@@H](Sc3cccc(OC)c3)C[C@H]2C)N(C)C(=O)[C@H](C(C)C)N(C)C(=O)[C@H](CC(C)C)N(C)C(=O)[C@H](CC(C)C)N(C)C(=O)[C@@H](C)NC(=O)[C@H](C)NC(=O)[C@H](CC(C)C)N(C)C(=O)[C@H](C(C)C)NC(=O)[C@H](CC(C)C)N(C)C(=O)CN(C)C1=O. The Morgan fingerprint density at radius 2 is 1.00 bits per heavy atom. The zero-order chi connectivity index (χ0) is 70.2. The highest BCUT2D eigenvalue weighted by molar-refractivity contribution is 7.99. The molecule has 2 fully saturated rings. The van der Waals surface area contributed by atoms with Gasteiger partial charge in [0.2, 0.25) is 65.0 Å². The molecule has 2 aliphatic rings. The third-order valence-corrected chi connectivity index (χ3v) is 18.6. The van der Waals surface area contributed by atoms with Crippen LogP contribution in [0.5, 0.6) is 5.75 Å². The number of hydrogen-bond donors (Lipinski definition) is 4. The van der Waals surface area contributed by atoms with E-state index in [0.29, 0.717) is 12.2 Å². The fourth-order valence-electron chi connectivity index (χ4n) is 12.0. The Hall–Kier alpha value is -6.50. The molecule has 2 aliphatic heterocycles. The van der Waals surface area contributed by atoms with Crippen molar-refractivity contribution >= 4 is 76.7 Å². The molecular weight excluding hydrogens is 1200 g/mol. The van der Waals surface area contributed by atoms with Crippen molar-refractivity contribution < 1.29 is 62.2 Å². The van der Waals surface area contributed by atoms with E-state index >= 15 is 19.2 Å². The first-order valence-corrected chi connectivity index (χ1v) is 33.6. The Kier molecular flexibility index (Phi) is 30.9. The topological polar surface area (TPSA) is 277 Å². The summed E-state index contributed by atoms with van der Waals surface area (Å²) in [5.41, 5.74) is -0.492. The van der Waals surface area contributed by atoms with Gasteiger partial charge >= 0.3 is 0 Å². The van der Waals surface area contributed by atoms with Crippen LogP contribution in [0, 0.1) is 41.4 Å². The van der Waals surface area contributed by atoms with Crippen LogP contribution in [0.25, 0.3) is 0 Å². The highest BCUT2D eigenvalue weighted by Crippen LogP contribution is 2.40. The average Bonchev–Trinajstić information content (AvgIpc) is 1.38. The van der Waals surface area contributed by atoms with Gasteiger partial charge in [0.15, 0.2) is 0 Å². The van der Waals surface area contributed by atoms with Crippen LogP contribution in [0.3, 0.4) is 0 Å². The Bertz CT molecular complexity index is 2730. The van der Waals surface area contributed by atoms with Gasteiger partial charge in [-0.1, -0.05) is 115 Å². The first kappa shape index (κ1) is 79.7. The standard InChI is InChI=1S/C67H113N11O13S/c1-25-47-63(85)72(17)35-52(79)73(18)48(29-36(2)3)60(82)71-54(40(10)11)66(88)74(19)49(30-37(4)5)59(81)68-43(15)58(80)69-44(16)62(84)75(20)50(31-38(6)7)64(86)76(21)51(32-39(8)9)65(87)77(22)55(41(12)13)67(89)78(23)56(61(83)70-47)57-42(14)33-53(91-57)92-46-28-26-27-45(34-46)90-24/h26-28,34,36-44,47-51,53-57H,25,29-33,35H2,1-24H3,(H,68,81)(H,69,80)(H,70,83)(H,71,82)/t42-,43+,44-,47+,48+,49+,50+,51+,53+,54+,55+,56+,57-/m1/s1. The van der Waals surface area contributed by atoms with E-state index in [1.165, 1.54) is 104 Å². The summed E-state index contributed by atoms with van der Waals surface area (Å²) in [5.74, 6) is -8.40. The summed E-state index contributed by atoms with van der Waals surface area (Å²) in [5, 5.41) is 11.2. The molecule has 2 heterocycles. The molecule has 0 spiro atoms. The second-order valence-corrected chi connectivity index (χ2v) is 29.1. The Labute approximate surface area is 552 Å². The number of hydrogen-bond acceptors (Lipinski definition) is 14. The number of carbonyl (C=O) groups is 11. The van der Waals surface area contributed by atoms with Gasteiger partial charge in [0.1, 0.15) is 71.6 Å². The largest absolute Gasteiger partial charge is 0.497 e. The van der Waals surface area contributed by atoms with Gasteiger partial charge in [-0.25, -0.2) is 0 Å². The van der Waals surface area contributed by atoms with Crippen LogP contribution in [0.4, 0.5) is 0 Å². The first-order valence-electron chi connectivity index (χ1n) is 32.7. The van der Waals surface area contributed by atoms with E-state index < -0.39 is 155 Å². The maximum absolute atomic E-state index is 15.5. The third-order valence-electron chi connectivity index (χ3n) is 17.5. The zero-order valence-corrected chi connectivity index (χ0v) is 60.4. The molecule has 0 aromatic heterocycles. The van der Waals surface area contributed by atoms with E-state index in [2.05, 4.69) is 21.3 Å². The summed E-state index contributed by atoms with van der Waals surface area (Å²) in [6.45, 7) is 28.0. The van der Waals surface area contributed by atoms with Crippen molar-refractivity contribution in [1.82, 2.24) is 55.6 Å². The molecule has 0 bridgehead atoms. The minimum Gasteiger partial charge on any atom is -0.497 e. The quantitative estimate of drug-likeness (QED) is 0.183. The third kappa shape index (κ3) is 21.3. The van der Waals surface area contributed by atoms with Crippen molar-refractivity contribution in [1.29, 1.82) is 0 Å². The smallest absolute Gasteiger partial charge is 0.246 e. The molecule has 11 amide bonds. The lowest BCUT2D eigenvalue weighted by atomic mass is 9.93. The molecule has 0 unspecified atom stereocenters. The van der Waals surface area contributed by atoms with Crippen LogP contribution in [0.1, 0.15) is 149 Å². The molecule has 1 aromatic carbocycles. The van der Waals surface area contributed by atoms with Crippen LogP contribution in [0.15, 0.2) is 29.2 Å². The number of nitrogens with zero attached hydrogens (tertiary/aromatic N) is 7. The molecule has 0 radical (unpaired) electrons. The maximum Gasteiger partial charge on any atom is 0.246 e. The van der Waals surface area contributed by atoms with Crippen LogP contribution >= 0.6 is 11.8 Å². The van der Waals surface area contributed by atoms with Crippen molar-refractivity contribution in [3.05, 3.63) is 24.3 Å². The van der Waals surface area contributed by atoms with Crippen molar-refractivity contribution in [2.24, 2.45) is 41.4 Å². The Morgan fingerprint density at radius 1 is 0.522 bits per heavy atom. The molecule has 92 heavy (non-hydrogen) atoms. The summed E-state index contributed by atoms with van der Waals surface area (Å²) in [6.07, 6.45) is 0.215. The minimum absolute atomic E-state index is 0.0558. The second kappa shape index (κ2) is 35.7. The number of amides is 11. The van der Waals surface area contributed by atoms with Gasteiger partial charge < -0.3 is 65.0 Å². The lowest BCUT2D eigenvalue weighted by Gasteiger charge is -2.41. The molecule has 24 nitrogen and oxygen atoms in total. The molecule has 0 aliphatic carbocycles. The van der Waals surface area contributed by atoms with Gasteiger partial charge in [-0.3, -0.25) is 52.7 Å². The summed E-state index contributed by atoms with van der Waals surface area (Å²) in [7, 11) is 11.8. The van der Waals surface area contributed by atoms with Crippen molar-refractivity contribution in [2.45, 2.75) is 226 Å². The van der Waals surface area contributed by atoms with Crippen LogP contribution in [-0.4, -0.2) is 234 Å². The van der Waals surface area contributed by atoms with Crippen molar-refractivity contribution in [3.8, 4) is 5.75 Å². The van der Waals surface area contributed by atoms with Gasteiger partial charge in [0.25, 0.3) is 0 Å². The molecular formula is C67H113N11O13S. The average molecular weight is 1310 g/mol. The fraction of sp³-hybridized carbons (Fsp3) is 0.746. The van der Waals surface area contributed by atoms with Gasteiger partial charge in [-0.05, 0) is 112 Å². The van der Waals surface area contributed by atoms with E-state index in [1.54, 1.807) is 41.7 Å². The summed E-state index contributed by atoms with van der Waals surface area (Å²) < 4.78 is 12.2. The number of benzene rings is 1.